The minimum Gasteiger partial charge on any atom is -0.383 e. The lowest BCUT2D eigenvalue weighted by Gasteiger charge is -2.23. The first-order chi connectivity index (χ1) is 9.72. The Bertz CT molecular complexity index is 385. The maximum atomic E-state index is 13.9. The first kappa shape index (κ1) is 16.6. The lowest BCUT2D eigenvalue weighted by Crippen LogP contribution is -2.32. The molecule has 6 nitrogen and oxygen atoms in total. The van der Waals surface area contributed by atoms with E-state index < -0.39 is 5.82 Å². The summed E-state index contributed by atoms with van der Waals surface area (Å²) in [5.74, 6) is 0.259. The lowest BCUT2D eigenvalue weighted by atomic mass is 10.4. The van der Waals surface area contributed by atoms with Crippen molar-refractivity contribution < 1.29 is 13.9 Å². The highest BCUT2D eigenvalue weighted by Crippen LogP contribution is 2.17. The van der Waals surface area contributed by atoms with Crippen LogP contribution >= 0.6 is 0 Å². The Morgan fingerprint density at radius 3 is 2.45 bits per heavy atom. The molecule has 0 unspecified atom stereocenters. The minimum atomic E-state index is -0.445. The Labute approximate surface area is 119 Å². The molecule has 0 aliphatic heterocycles. The first-order valence-corrected chi connectivity index (χ1v) is 6.72. The van der Waals surface area contributed by atoms with E-state index in [9.17, 15) is 4.39 Å². The molecular formula is C13H23FN4O2. The molecule has 1 aromatic heterocycles. The maximum absolute atomic E-state index is 13.9. The van der Waals surface area contributed by atoms with Crippen LogP contribution in [-0.2, 0) is 9.47 Å². The van der Waals surface area contributed by atoms with Crippen molar-refractivity contribution in [1.29, 1.82) is 0 Å². The molecule has 1 aromatic rings. The number of rotatable bonds is 10. The molecule has 0 amide bonds. The van der Waals surface area contributed by atoms with E-state index in [1.165, 1.54) is 6.20 Å². The molecule has 0 atom stereocenters. The van der Waals surface area contributed by atoms with E-state index in [4.69, 9.17) is 9.47 Å². The summed E-state index contributed by atoms with van der Waals surface area (Å²) < 4.78 is 24.0. The third kappa shape index (κ3) is 5.26. The molecule has 0 saturated heterocycles. The second-order valence-electron chi connectivity index (χ2n) is 4.26. The molecule has 0 aromatic carbocycles. The van der Waals surface area contributed by atoms with E-state index in [0.29, 0.717) is 32.3 Å². The number of hydrogen-bond donors (Lipinski definition) is 1. The molecule has 0 bridgehead atoms. The van der Waals surface area contributed by atoms with Crippen molar-refractivity contribution in [2.75, 3.05) is 57.3 Å². The van der Waals surface area contributed by atoms with Crippen molar-refractivity contribution in [3.8, 4) is 0 Å². The average Bonchev–Trinajstić information content (AvgIpc) is 2.47. The molecule has 0 fully saturated rings. The van der Waals surface area contributed by atoms with Crippen molar-refractivity contribution >= 4 is 11.8 Å². The van der Waals surface area contributed by atoms with E-state index >= 15 is 0 Å². The Morgan fingerprint density at radius 2 is 1.90 bits per heavy atom. The van der Waals surface area contributed by atoms with E-state index in [2.05, 4.69) is 15.3 Å². The van der Waals surface area contributed by atoms with Crippen molar-refractivity contribution in [3.05, 3.63) is 12.0 Å². The summed E-state index contributed by atoms with van der Waals surface area (Å²) in [5.41, 5.74) is 0. The quantitative estimate of drug-likeness (QED) is 0.704. The number of halogens is 1. The fourth-order valence-corrected chi connectivity index (χ4v) is 1.63. The van der Waals surface area contributed by atoms with E-state index in [1.807, 2.05) is 6.92 Å². The molecule has 1 heterocycles. The predicted octanol–water partition coefficient (Wildman–Crippen LogP) is 1.54. The van der Waals surface area contributed by atoms with Crippen LogP contribution < -0.4 is 10.2 Å². The largest absolute Gasteiger partial charge is 0.383 e. The van der Waals surface area contributed by atoms with Crippen LogP contribution in [0.3, 0.4) is 0 Å². The fourth-order valence-electron chi connectivity index (χ4n) is 1.63. The van der Waals surface area contributed by atoms with Gasteiger partial charge in [0.05, 0.1) is 19.4 Å². The zero-order chi connectivity index (χ0) is 14.8. The third-order valence-corrected chi connectivity index (χ3v) is 2.69. The third-order valence-electron chi connectivity index (χ3n) is 2.69. The van der Waals surface area contributed by atoms with Gasteiger partial charge in [-0.1, -0.05) is 6.92 Å². The Balaban J connectivity index is 2.85. The smallest absolute Gasteiger partial charge is 0.224 e. The van der Waals surface area contributed by atoms with Crippen LogP contribution in [0.1, 0.15) is 13.3 Å². The molecule has 0 aliphatic carbocycles. The van der Waals surface area contributed by atoms with Gasteiger partial charge >= 0.3 is 0 Å². The molecular weight excluding hydrogens is 263 g/mol. The van der Waals surface area contributed by atoms with Gasteiger partial charge in [-0.25, -0.2) is 9.37 Å². The number of methoxy groups -OCH3 is 2. The first-order valence-electron chi connectivity index (χ1n) is 6.72. The van der Waals surface area contributed by atoms with Gasteiger partial charge in [-0.2, -0.15) is 4.98 Å². The average molecular weight is 286 g/mol. The number of anilines is 2. The van der Waals surface area contributed by atoms with Gasteiger partial charge in [0, 0.05) is 33.9 Å². The highest BCUT2D eigenvalue weighted by atomic mass is 19.1. The predicted molar refractivity (Wildman–Crippen MR) is 76.7 cm³/mol. The van der Waals surface area contributed by atoms with Crippen LogP contribution in [0.5, 0.6) is 0 Å². The molecule has 0 saturated carbocycles. The van der Waals surface area contributed by atoms with Gasteiger partial charge in [-0.3, -0.25) is 0 Å². The van der Waals surface area contributed by atoms with E-state index in [0.717, 1.165) is 13.0 Å². The van der Waals surface area contributed by atoms with Crippen LogP contribution in [0, 0.1) is 5.82 Å². The maximum Gasteiger partial charge on any atom is 0.224 e. The zero-order valence-corrected chi connectivity index (χ0v) is 12.4. The molecule has 0 spiro atoms. The minimum absolute atomic E-state index is 0.271. The van der Waals surface area contributed by atoms with Gasteiger partial charge in [-0.05, 0) is 6.42 Å². The SMILES string of the molecule is CCCNc1ncc(F)c(N(CCOC)CCOC)n1. The van der Waals surface area contributed by atoms with Gasteiger partial charge < -0.3 is 19.7 Å². The van der Waals surface area contributed by atoms with Gasteiger partial charge in [0.25, 0.3) is 0 Å². The second-order valence-corrected chi connectivity index (χ2v) is 4.26. The second kappa shape index (κ2) is 9.44. The molecule has 7 heteroatoms. The topological polar surface area (TPSA) is 59.5 Å². The number of nitrogens with one attached hydrogen (secondary N) is 1. The Hall–Kier alpha value is -1.47. The monoisotopic (exact) mass is 286 g/mol. The summed E-state index contributed by atoms with van der Waals surface area (Å²) in [6, 6.07) is 0. The number of nitrogens with zero attached hydrogens (tertiary/aromatic N) is 3. The van der Waals surface area contributed by atoms with Crippen molar-refractivity contribution in [1.82, 2.24) is 9.97 Å². The van der Waals surface area contributed by atoms with E-state index in [1.54, 1.807) is 19.1 Å². The standard InChI is InChI=1S/C13H23FN4O2/c1-4-5-15-13-16-10-11(14)12(17-13)18(6-8-19-2)7-9-20-3/h10H,4-9H2,1-3H3,(H,15,16,17). The van der Waals surface area contributed by atoms with Crippen LogP contribution in [0.4, 0.5) is 16.2 Å². The molecule has 114 valence electrons. The van der Waals surface area contributed by atoms with Crippen LogP contribution in [0.25, 0.3) is 0 Å². The fraction of sp³-hybridized carbons (Fsp3) is 0.692. The normalized spacial score (nSPS) is 10.6. The van der Waals surface area contributed by atoms with Gasteiger partial charge in [0.2, 0.25) is 5.95 Å². The summed E-state index contributed by atoms with van der Waals surface area (Å²) in [4.78, 5) is 9.96. The highest BCUT2D eigenvalue weighted by Gasteiger charge is 2.14. The summed E-state index contributed by atoms with van der Waals surface area (Å²) in [6.45, 7) is 4.86. The van der Waals surface area contributed by atoms with Gasteiger partial charge in [0.15, 0.2) is 11.6 Å². The Kier molecular flexibility index (Phi) is 7.82. The molecule has 1 rings (SSSR count). The number of hydrogen-bond acceptors (Lipinski definition) is 6. The summed E-state index contributed by atoms with van der Waals surface area (Å²) in [7, 11) is 3.22. The van der Waals surface area contributed by atoms with Crippen molar-refractivity contribution in [3.63, 3.8) is 0 Å². The van der Waals surface area contributed by atoms with Crippen LogP contribution in [0.15, 0.2) is 6.20 Å². The highest BCUT2D eigenvalue weighted by molar-refractivity contribution is 5.43. The summed E-state index contributed by atoms with van der Waals surface area (Å²) in [5, 5.41) is 3.05. The summed E-state index contributed by atoms with van der Waals surface area (Å²) >= 11 is 0. The lowest BCUT2D eigenvalue weighted by molar-refractivity contribution is 0.189. The van der Waals surface area contributed by atoms with Crippen LogP contribution in [-0.4, -0.2) is 57.0 Å². The van der Waals surface area contributed by atoms with Crippen LogP contribution in [0.2, 0.25) is 0 Å². The molecule has 0 aliphatic rings. The Morgan fingerprint density at radius 1 is 1.25 bits per heavy atom. The van der Waals surface area contributed by atoms with Crippen molar-refractivity contribution in [2.24, 2.45) is 0 Å². The molecule has 0 radical (unpaired) electrons. The molecule has 1 N–H and O–H groups in total. The zero-order valence-electron chi connectivity index (χ0n) is 12.4. The van der Waals surface area contributed by atoms with Crippen molar-refractivity contribution in [2.45, 2.75) is 13.3 Å². The molecule has 20 heavy (non-hydrogen) atoms. The summed E-state index contributed by atoms with van der Waals surface area (Å²) in [6.07, 6.45) is 2.14. The number of ether oxygens (including phenoxy) is 2. The van der Waals surface area contributed by atoms with E-state index in [-0.39, 0.29) is 5.82 Å². The van der Waals surface area contributed by atoms with Gasteiger partial charge in [0.1, 0.15) is 0 Å². The number of aromatic nitrogens is 2. The van der Waals surface area contributed by atoms with Gasteiger partial charge in [-0.15, -0.1) is 0 Å².